The number of nitrogens with two attached hydrogens (primary N) is 1. The van der Waals surface area contributed by atoms with Gasteiger partial charge in [0.2, 0.25) is 0 Å². The molecule has 2 N–H and O–H groups in total. The lowest BCUT2D eigenvalue weighted by atomic mass is 10.1. The number of hydrogen-bond donors (Lipinski definition) is 1. The number of aromatic nitrogens is 4. The third-order valence-corrected chi connectivity index (χ3v) is 4.27. The smallest absolute Gasteiger partial charge is 0.332 e. The monoisotopic (exact) mass is 363 g/mol. The summed E-state index contributed by atoms with van der Waals surface area (Å²) < 4.78 is 4.36. The molecule has 25 heavy (non-hydrogen) atoms. The van der Waals surface area contributed by atoms with Crippen molar-refractivity contribution < 1.29 is 17.7 Å². The Morgan fingerprint density at radius 1 is 1.04 bits per heavy atom. The second-order valence-electron chi connectivity index (χ2n) is 5.92. The summed E-state index contributed by atoms with van der Waals surface area (Å²) in [4.78, 5) is 28.5. The average molecular weight is 364 g/mol. The van der Waals surface area contributed by atoms with E-state index in [4.69, 9.17) is 0 Å². The molecule has 7 nitrogen and oxygen atoms in total. The molecular formula is C17H22ClN5O2. The Bertz CT molecular complexity index is 959. The van der Waals surface area contributed by atoms with Gasteiger partial charge in [0.25, 0.3) is 5.56 Å². The van der Waals surface area contributed by atoms with Gasteiger partial charge in [0.15, 0.2) is 11.2 Å². The zero-order chi connectivity index (χ0) is 17.1. The first kappa shape index (κ1) is 19.0. The van der Waals surface area contributed by atoms with Crippen LogP contribution in [-0.2, 0) is 27.1 Å². The highest BCUT2D eigenvalue weighted by molar-refractivity contribution is 5.69. The van der Waals surface area contributed by atoms with Crippen molar-refractivity contribution in [3.05, 3.63) is 63.1 Å². The predicted molar refractivity (Wildman–Crippen MR) is 92.0 cm³/mol. The van der Waals surface area contributed by atoms with Crippen LogP contribution in [0.1, 0.15) is 5.56 Å². The third-order valence-electron chi connectivity index (χ3n) is 4.27. The minimum atomic E-state index is -0.354. The molecule has 0 saturated carbocycles. The summed E-state index contributed by atoms with van der Waals surface area (Å²) in [5.74, 6) is 0. The molecule has 1 aromatic carbocycles. The van der Waals surface area contributed by atoms with E-state index in [9.17, 15) is 9.59 Å². The van der Waals surface area contributed by atoms with Gasteiger partial charge in [-0.1, -0.05) is 30.3 Å². The highest BCUT2D eigenvalue weighted by Gasteiger charge is 2.14. The van der Waals surface area contributed by atoms with Crippen LogP contribution in [0, 0.1) is 0 Å². The van der Waals surface area contributed by atoms with Gasteiger partial charge in [0.1, 0.15) is 0 Å². The lowest BCUT2D eigenvalue weighted by Crippen LogP contribution is -3.00. The van der Waals surface area contributed by atoms with Crippen LogP contribution in [0.3, 0.4) is 0 Å². The SMILES string of the molecule is Cn1c(=O)c2c(ncn2CC[NH2+]CCc2ccccc2)n(C)c1=O.[Cl-]. The number of quaternary nitrogens is 1. The van der Waals surface area contributed by atoms with Crippen LogP contribution in [0.5, 0.6) is 0 Å². The van der Waals surface area contributed by atoms with Crippen LogP contribution in [0.15, 0.2) is 46.2 Å². The molecule has 0 aliphatic rings. The molecule has 8 heteroatoms. The molecule has 3 aromatic rings. The summed E-state index contributed by atoms with van der Waals surface area (Å²) in [6, 6.07) is 10.4. The summed E-state index contributed by atoms with van der Waals surface area (Å²) in [6.07, 6.45) is 2.65. The summed E-state index contributed by atoms with van der Waals surface area (Å²) >= 11 is 0. The van der Waals surface area contributed by atoms with E-state index in [2.05, 4.69) is 22.4 Å². The fraction of sp³-hybridized carbons (Fsp3) is 0.353. The van der Waals surface area contributed by atoms with Crippen LogP contribution in [-0.4, -0.2) is 31.8 Å². The molecule has 0 saturated heterocycles. The number of fused-ring (bicyclic) bond motifs is 1. The highest BCUT2D eigenvalue weighted by atomic mass is 35.5. The summed E-state index contributed by atoms with van der Waals surface area (Å²) in [6.45, 7) is 2.52. The Morgan fingerprint density at radius 2 is 1.76 bits per heavy atom. The van der Waals surface area contributed by atoms with Crippen molar-refractivity contribution in [3.8, 4) is 0 Å². The van der Waals surface area contributed by atoms with E-state index < -0.39 is 0 Å². The van der Waals surface area contributed by atoms with E-state index in [0.29, 0.717) is 17.7 Å². The minimum Gasteiger partial charge on any atom is -1.00 e. The van der Waals surface area contributed by atoms with Gasteiger partial charge in [-0.3, -0.25) is 13.9 Å². The van der Waals surface area contributed by atoms with Crippen molar-refractivity contribution >= 4 is 11.2 Å². The number of imidazole rings is 1. The fourth-order valence-corrected chi connectivity index (χ4v) is 2.85. The topological polar surface area (TPSA) is 78.4 Å². The first-order valence-electron chi connectivity index (χ1n) is 8.06. The number of benzene rings is 1. The number of halogens is 1. The van der Waals surface area contributed by atoms with E-state index >= 15 is 0 Å². The fourth-order valence-electron chi connectivity index (χ4n) is 2.85. The summed E-state index contributed by atoms with van der Waals surface area (Å²) in [7, 11) is 3.13. The second kappa shape index (κ2) is 8.13. The lowest BCUT2D eigenvalue weighted by molar-refractivity contribution is -0.655. The molecule has 2 heterocycles. The molecule has 2 aromatic heterocycles. The van der Waals surface area contributed by atoms with Crippen molar-refractivity contribution in [1.82, 2.24) is 18.7 Å². The molecule has 0 bridgehead atoms. The van der Waals surface area contributed by atoms with E-state index in [1.54, 1.807) is 13.4 Å². The Hall–Kier alpha value is -2.38. The minimum absolute atomic E-state index is 0. The first-order chi connectivity index (χ1) is 11.6. The van der Waals surface area contributed by atoms with Crippen molar-refractivity contribution in [3.63, 3.8) is 0 Å². The third kappa shape index (κ3) is 3.83. The van der Waals surface area contributed by atoms with Crippen LogP contribution in [0.2, 0.25) is 0 Å². The Labute approximate surface area is 151 Å². The zero-order valence-electron chi connectivity index (χ0n) is 14.4. The average Bonchev–Trinajstić information content (AvgIpc) is 3.03. The normalized spacial score (nSPS) is 10.8. The van der Waals surface area contributed by atoms with Gasteiger partial charge >= 0.3 is 5.69 Å². The largest absolute Gasteiger partial charge is 1.00 e. The molecule has 0 amide bonds. The van der Waals surface area contributed by atoms with Gasteiger partial charge < -0.3 is 22.3 Å². The van der Waals surface area contributed by atoms with Crippen LogP contribution in [0.25, 0.3) is 11.2 Å². The zero-order valence-corrected chi connectivity index (χ0v) is 15.1. The molecule has 0 aliphatic carbocycles. The van der Waals surface area contributed by atoms with Gasteiger partial charge in [0.05, 0.1) is 26.0 Å². The number of rotatable bonds is 6. The molecule has 0 atom stereocenters. The van der Waals surface area contributed by atoms with Crippen molar-refractivity contribution in [2.45, 2.75) is 13.0 Å². The van der Waals surface area contributed by atoms with Crippen molar-refractivity contribution in [1.29, 1.82) is 0 Å². The van der Waals surface area contributed by atoms with Gasteiger partial charge in [-0.05, 0) is 5.56 Å². The molecule has 134 valence electrons. The maximum atomic E-state index is 12.3. The Kier molecular flexibility index (Phi) is 6.17. The maximum Gasteiger partial charge on any atom is 0.332 e. The Morgan fingerprint density at radius 3 is 2.48 bits per heavy atom. The molecule has 0 unspecified atom stereocenters. The highest BCUT2D eigenvalue weighted by Crippen LogP contribution is 2.04. The van der Waals surface area contributed by atoms with Crippen LogP contribution < -0.4 is 29.0 Å². The van der Waals surface area contributed by atoms with Crippen LogP contribution in [0.4, 0.5) is 0 Å². The van der Waals surface area contributed by atoms with Crippen molar-refractivity contribution in [2.24, 2.45) is 14.1 Å². The Balaban J connectivity index is 0.00000225. The first-order valence-corrected chi connectivity index (χ1v) is 8.06. The van der Waals surface area contributed by atoms with E-state index in [0.717, 1.165) is 24.1 Å². The lowest BCUT2D eigenvalue weighted by Gasteiger charge is -2.06. The van der Waals surface area contributed by atoms with E-state index in [-0.39, 0.29) is 23.7 Å². The van der Waals surface area contributed by atoms with Gasteiger partial charge in [-0.15, -0.1) is 0 Å². The summed E-state index contributed by atoms with van der Waals surface area (Å²) in [5, 5.41) is 2.23. The van der Waals surface area contributed by atoms with Crippen LogP contribution >= 0.6 is 0 Å². The number of hydrogen-bond acceptors (Lipinski definition) is 3. The van der Waals surface area contributed by atoms with Gasteiger partial charge in [0, 0.05) is 20.5 Å². The van der Waals surface area contributed by atoms with E-state index in [1.165, 1.54) is 17.2 Å². The molecule has 0 aliphatic heterocycles. The second-order valence-corrected chi connectivity index (χ2v) is 5.92. The predicted octanol–water partition coefficient (Wildman–Crippen LogP) is -3.76. The van der Waals surface area contributed by atoms with Gasteiger partial charge in [-0.2, -0.15) is 0 Å². The number of nitrogens with zero attached hydrogens (tertiary/aromatic N) is 4. The van der Waals surface area contributed by atoms with Crippen molar-refractivity contribution in [2.75, 3.05) is 13.1 Å². The molecule has 0 spiro atoms. The molecule has 0 radical (unpaired) electrons. The standard InChI is InChI=1S/C17H21N5O2.ClH/c1-20-15-14(16(23)21(2)17(20)24)22(12-19-15)11-10-18-9-8-13-6-4-3-5-7-13;/h3-7,12,18H,8-11H2,1-2H3;1H. The van der Waals surface area contributed by atoms with Gasteiger partial charge in [-0.25, -0.2) is 9.78 Å². The summed E-state index contributed by atoms with van der Waals surface area (Å²) in [5.41, 5.74) is 1.59. The number of aryl methyl sites for hydroxylation is 1. The molecule has 0 fully saturated rings. The van der Waals surface area contributed by atoms with E-state index in [1.807, 2.05) is 22.8 Å². The quantitative estimate of drug-likeness (QED) is 0.457. The molecule has 3 rings (SSSR count). The molecular weight excluding hydrogens is 342 g/mol. The maximum absolute atomic E-state index is 12.3.